The molecule has 1 aromatic carbocycles. The van der Waals surface area contributed by atoms with Gasteiger partial charge in [-0.2, -0.15) is 0 Å². The van der Waals surface area contributed by atoms with Crippen LogP contribution in [0.4, 0.5) is 0 Å². The van der Waals surface area contributed by atoms with Crippen molar-refractivity contribution >= 4 is 23.4 Å². The molecule has 56 valence electrons. The first-order chi connectivity index (χ1) is 5.27. The quantitative estimate of drug-likeness (QED) is 0.475. The van der Waals surface area contributed by atoms with Crippen LogP contribution in [0.2, 0.25) is 5.02 Å². The van der Waals surface area contributed by atoms with Gasteiger partial charge in [0.15, 0.2) is 0 Å². The van der Waals surface area contributed by atoms with Crippen molar-refractivity contribution in [1.29, 1.82) is 0 Å². The van der Waals surface area contributed by atoms with E-state index in [1.807, 2.05) is 24.5 Å². The molecule has 0 bridgehead atoms. The monoisotopic (exact) mass is 182 g/mol. The smallest absolute Gasteiger partial charge is 0.0573 e. The standard InChI is InChI=1S/C9H7ClS/c1-3-7-4-5-8(11-2)6-9(7)10/h1,4-6H,2H3. The van der Waals surface area contributed by atoms with E-state index in [9.17, 15) is 0 Å². The molecular weight excluding hydrogens is 176 g/mol. The van der Waals surface area contributed by atoms with Gasteiger partial charge in [0, 0.05) is 10.5 Å². The van der Waals surface area contributed by atoms with Gasteiger partial charge in [0.25, 0.3) is 0 Å². The van der Waals surface area contributed by atoms with Crippen molar-refractivity contribution in [2.75, 3.05) is 6.26 Å². The summed E-state index contributed by atoms with van der Waals surface area (Å²) in [6, 6.07) is 5.70. The van der Waals surface area contributed by atoms with Crippen LogP contribution in [-0.4, -0.2) is 6.26 Å². The topological polar surface area (TPSA) is 0 Å². The predicted octanol–water partition coefficient (Wildman–Crippen LogP) is 3.04. The van der Waals surface area contributed by atoms with Crippen LogP contribution in [0.3, 0.4) is 0 Å². The molecule has 1 aromatic rings. The summed E-state index contributed by atoms with van der Waals surface area (Å²) in [5, 5.41) is 0.652. The van der Waals surface area contributed by atoms with Gasteiger partial charge in [-0.25, -0.2) is 0 Å². The maximum atomic E-state index is 5.85. The lowest BCUT2D eigenvalue weighted by atomic mass is 10.2. The largest absolute Gasteiger partial charge is 0.130 e. The summed E-state index contributed by atoms with van der Waals surface area (Å²) < 4.78 is 0. The molecule has 0 aliphatic heterocycles. The predicted molar refractivity (Wildman–Crippen MR) is 51.2 cm³/mol. The molecule has 0 atom stereocenters. The summed E-state index contributed by atoms with van der Waals surface area (Å²) in [6.45, 7) is 0. The third-order valence-electron chi connectivity index (χ3n) is 1.33. The molecule has 0 radical (unpaired) electrons. The fraction of sp³-hybridized carbons (Fsp3) is 0.111. The van der Waals surface area contributed by atoms with Crippen LogP contribution in [0.5, 0.6) is 0 Å². The first-order valence-corrected chi connectivity index (χ1v) is 4.68. The molecule has 11 heavy (non-hydrogen) atoms. The lowest BCUT2D eigenvalue weighted by Crippen LogP contribution is -1.76. The molecule has 0 spiro atoms. The first kappa shape index (κ1) is 8.52. The Morgan fingerprint density at radius 3 is 2.73 bits per heavy atom. The van der Waals surface area contributed by atoms with Crippen molar-refractivity contribution in [3.8, 4) is 12.3 Å². The van der Waals surface area contributed by atoms with E-state index in [-0.39, 0.29) is 0 Å². The molecule has 0 unspecified atom stereocenters. The van der Waals surface area contributed by atoms with E-state index in [1.54, 1.807) is 11.8 Å². The van der Waals surface area contributed by atoms with Crippen molar-refractivity contribution in [1.82, 2.24) is 0 Å². The lowest BCUT2D eigenvalue weighted by molar-refractivity contribution is 1.45. The van der Waals surface area contributed by atoms with E-state index >= 15 is 0 Å². The van der Waals surface area contributed by atoms with E-state index in [1.165, 1.54) is 0 Å². The van der Waals surface area contributed by atoms with E-state index < -0.39 is 0 Å². The van der Waals surface area contributed by atoms with Gasteiger partial charge in [-0.3, -0.25) is 0 Å². The molecule has 0 saturated heterocycles. The fourth-order valence-electron chi connectivity index (χ4n) is 0.740. The molecule has 0 saturated carbocycles. The number of terminal acetylenes is 1. The maximum Gasteiger partial charge on any atom is 0.0573 e. The van der Waals surface area contributed by atoms with Crippen LogP contribution in [-0.2, 0) is 0 Å². The van der Waals surface area contributed by atoms with Crippen LogP contribution in [0.1, 0.15) is 5.56 Å². The van der Waals surface area contributed by atoms with Crippen molar-refractivity contribution in [3.63, 3.8) is 0 Å². The Morgan fingerprint density at radius 1 is 1.55 bits per heavy atom. The van der Waals surface area contributed by atoms with Gasteiger partial charge in [0.05, 0.1) is 5.02 Å². The Labute approximate surface area is 76.0 Å². The zero-order valence-electron chi connectivity index (χ0n) is 6.10. The molecule has 0 aliphatic rings. The Balaban J connectivity index is 3.12. The molecule has 0 nitrogen and oxygen atoms in total. The molecule has 2 heteroatoms. The second-order valence-corrected chi connectivity index (χ2v) is 3.28. The van der Waals surface area contributed by atoms with E-state index in [2.05, 4.69) is 5.92 Å². The van der Waals surface area contributed by atoms with E-state index in [4.69, 9.17) is 18.0 Å². The molecule has 0 amide bonds. The molecule has 0 aromatic heterocycles. The molecule has 1 rings (SSSR count). The fourth-order valence-corrected chi connectivity index (χ4v) is 1.48. The third-order valence-corrected chi connectivity index (χ3v) is 2.37. The summed E-state index contributed by atoms with van der Waals surface area (Å²) in [5.74, 6) is 2.51. The Morgan fingerprint density at radius 2 is 2.27 bits per heavy atom. The highest BCUT2D eigenvalue weighted by atomic mass is 35.5. The van der Waals surface area contributed by atoms with Gasteiger partial charge in [0.1, 0.15) is 0 Å². The summed E-state index contributed by atoms with van der Waals surface area (Å²) in [7, 11) is 0. The molecule has 0 N–H and O–H groups in total. The van der Waals surface area contributed by atoms with Crippen LogP contribution in [0.15, 0.2) is 23.1 Å². The van der Waals surface area contributed by atoms with Crippen LogP contribution in [0, 0.1) is 12.3 Å². The van der Waals surface area contributed by atoms with Crippen LogP contribution in [0.25, 0.3) is 0 Å². The van der Waals surface area contributed by atoms with Gasteiger partial charge in [-0.15, -0.1) is 18.2 Å². The minimum absolute atomic E-state index is 0.652. The number of rotatable bonds is 1. The maximum absolute atomic E-state index is 5.85. The number of hydrogen-bond donors (Lipinski definition) is 0. The summed E-state index contributed by atoms with van der Waals surface area (Å²) >= 11 is 7.50. The Hall–Kier alpha value is -0.580. The average molecular weight is 183 g/mol. The van der Waals surface area contributed by atoms with Crippen molar-refractivity contribution in [3.05, 3.63) is 28.8 Å². The second kappa shape index (κ2) is 3.71. The minimum Gasteiger partial charge on any atom is -0.130 e. The average Bonchev–Trinajstić information content (AvgIpc) is 2.04. The summed E-state index contributed by atoms with van der Waals surface area (Å²) in [5.41, 5.74) is 0.754. The highest BCUT2D eigenvalue weighted by molar-refractivity contribution is 7.98. The van der Waals surface area contributed by atoms with Crippen molar-refractivity contribution < 1.29 is 0 Å². The van der Waals surface area contributed by atoms with Gasteiger partial charge < -0.3 is 0 Å². The highest BCUT2D eigenvalue weighted by Gasteiger charge is 1.97. The van der Waals surface area contributed by atoms with Gasteiger partial charge in [-0.1, -0.05) is 17.5 Å². The molecule has 0 fully saturated rings. The summed E-state index contributed by atoms with van der Waals surface area (Å²) in [4.78, 5) is 1.13. The van der Waals surface area contributed by atoms with Gasteiger partial charge in [0.2, 0.25) is 0 Å². The highest BCUT2D eigenvalue weighted by Crippen LogP contribution is 2.22. The Bertz CT molecular complexity index is 299. The minimum atomic E-state index is 0.652. The molecular formula is C9H7ClS. The van der Waals surface area contributed by atoms with Crippen LogP contribution >= 0.6 is 23.4 Å². The third kappa shape index (κ3) is 1.92. The molecule has 0 heterocycles. The zero-order valence-corrected chi connectivity index (χ0v) is 7.67. The number of thioether (sulfide) groups is 1. The van der Waals surface area contributed by atoms with Gasteiger partial charge >= 0.3 is 0 Å². The number of hydrogen-bond acceptors (Lipinski definition) is 1. The Kier molecular flexibility index (Phi) is 2.87. The zero-order chi connectivity index (χ0) is 8.27. The number of benzene rings is 1. The van der Waals surface area contributed by atoms with E-state index in [0.29, 0.717) is 5.02 Å². The van der Waals surface area contributed by atoms with Gasteiger partial charge in [-0.05, 0) is 24.5 Å². The second-order valence-electron chi connectivity index (χ2n) is 1.99. The van der Waals surface area contributed by atoms with Crippen molar-refractivity contribution in [2.45, 2.75) is 4.90 Å². The number of halogens is 1. The SMILES string of the molecule is C#Cc1ccc(SC)cc1Cl. The summed E-state index contributed by atoms with van der Waals surface area (Å²) in [6.07, 6.45) is 7.20. The lowest BCUT2D eigenvalue weighted by Gasteiger charge is -1.98. The van der Waals surface area contributed by atoms with E-state index in [0.717, 1.165) is 10.5 Å². The normalized spacial score (nSPS) is 9.18. The molecule has 0 aliphatic carbocycles. The first-order valence-electron chi connectivity index (χ1n) is 3.08. The van der Waals surface area contributed by atoms with Crippen molar-refractivity contribution in [2.24, 2.45) is 0 Å². The van der Waals surface area contributed by atoms with Crippen LogP contribution < -0.4 is 0 Å².